The number of carbonyl (C=O) groups is 22. The summed E-state index contributed by atoms with van der Waals surface area (Å²) >= 11 is 5.32. The Morgan fingerprint density at radius 2 is 0.842 bits per heavy atom. The number of aromatic amines is 1. The van der Waals surface area contributed by atoms with Crippen LogP contribution in [-0.2, 0) is 118 Å². The normalized spacial score (nSPS) is 14.6. The number of hydrogen-bond donors (Lipinski definition) is 31. The van der Waals surface area contributed by atoms with E-state index < -0.39 is 316 Å². The number of aliphatic hydroxyl groups is 1. The zero-order valence-electron chi connectivity index (χ0n) is 73.4. The number of rotatable bonds is 68. The minimum absolute atomic E-state index is 0.0405. The molecule has 2 rings (SSSR count). The standard InChI is InChI=1S/C78H124N26O27S2/c1-38(63(116)100-51(32-57(84)108)73(126)102-53(77(130)131)30-40-12-5-4-6-13-40)91-66(119)46(17-21-55(82)106)96-67(120)44(16-11-28-88-78(85)86)95-70(123)48(20-24-60(112)113)99-76(129)62(39(2)105)104-75(128)54(36-132)103-74(127)52(33-61(114)115)101-68(121)43(15-8-10-27-80)94-71(124)49(25-29-133-3)98-69(122)47(18-22-56(83)107)97-72(125)50(31-41-34-87-37-90-41)92-58(109)35-89-65(118)45(19-23-59(110)111)93-64(117)42(81)14-7-9-26-79/h4-6,12-13,34,37-39,42-54,62,105,132H,7-11,14-33,35-36,79-81H2,1-3H3,(H2,82,106)(H2,83,107)(H2,84,108)(H,87,90)(H,89,118)(H,91,119)(H,92,109)(H,93,117)(H,94,124)(H,95,123)(H,96,120)(H,97,125)(H,98,122)(H,99,129)(H,100,116)(H,101,121)(H,102,126)(H,103,127)(H,104,128)(H,110,111)(H,112,113)(H,114,115)(H,130,131)(H4,85,86,88)/t38-,39+,42-,43-,44-,45-,46-,47-,48-,49-,50-,51-,52-,53-,54-,62-/m0/s1. The predicted molar refractivity (Wildman–Crippen MR) is 474 cm³/mol. The lowest BCUT2D eigenvalue weighted by Gasteiger charge is -2.28. The van der Waals surface area contributed by atoms with Crippen molar-refractivity contribution < 1.29 is 131 Å². The number of carboxylic acid groups (broad SMARTS) is 4. The first kappa shape index (κ1) is 116. The number of aliphatic hydroxyl groups excluding tert-OH is 1. The second kappa shape index (κ2) is 62.0. The molecule has 0 bridgehead atoms. The van der Waals surface area contributed by atoms with E-state index in [4.69, 9.17) is 45.5 Å². The summed E-state index contributed by atoms with van der Waals surface area (Å²) in [6.45, 7) is 1.37. The smallest absolute Gasteiger partial charge is 0.326 e. The Hall–Kier alpha value is -13.4. The number of hydrogen-bond acceptors (Lipinski definition) is 30. The summed E-state index contributed by atoms with van der Waals surface area (Å²) in [5.74, 6) is -28.0. The molecule has 55 heteroatoms. The number of primary amides is 3. The summed E-state index contributed by atoms with van der Waals surface area (Å²) in [4.78, 5) is 301. The fourth-order valence-electron chi connectivity index (χ4n) is 12.3. The van der Waals surface area contributed by atoms with E-state index in [1.165, 1.54) is 24.3 Å². The minimum Gasteiger partial charge on any atom is -0.481 e. The van der Waals surface area contributed by atoms with Gasteiger partial charge in [0.05, 0.1) is 37.9 Å². The number of nitrogens with one attached hydrogen (secondary N) is 18. The molecule has 0 aliphatic heterocycles. The zero-order valence-corrected chi connectivity index (χ0v) is 75.1. The fraction of sp³-hybridized carbons (Fsp3) is 0.590. The average molecular weight is 1920 g/mol. The first-order valence-corrected chi connectivity index (χ1v) is 44.0. The van der Waals surface area contributed by atoms with Crippen molar-refractivity contribution in [3.8, 4) is 0 Å². The molecule has 1 aromatic carbocycles. The van der Waals surface area contributed by atoms with Gasteiger partial charge in [-0.05, 0) is 122 Å². The van der Waals surface area contributed by atoms with Gasteiger partial charge in [0.2, 0.25) is 106 Å². The van der Waals surface area contributed by atoms with E-state index in [-0.39, 0.29) is 75.9 Å². The highest BCUT2D eigenvalue weighted by atomic mass is 32.2. The summed E-state index contributed by atoms with van der Waals surface area (Å²) in [6.07, 6.45) is -5.15. The van der Waals surface area contributed by atoms with Crippen LogP contribution in [0.25, 0.3) is 0 Å². The van der Waals surface area contributed by atoms with Crippen molar-refractivity contribution in [2.24, 2.45) is 40.1 Å². The first-order valence-electron chi connectivity index (χ1n) is 42.0. The van der Waals surface area contributed by atoms with Gasteiger partial charge in [-0.2, -0.15) is 24.4 Å². The van der Waals surface area contributed by atoms with Gasteiger partial charge in [-0.25, -0.2) is 9.78 Å². The van der Waals surface area contributed by atoms with Crippen LogP contribution in [0.3, 0.4) is 0 Å². The second-order valence-corrected chi connectivity index (χ2v) is 31.9. The summed E-state index contributed by atoms with van der Waals surface area (Å²) in [7, 11) is 0. The number of carboxylic acids is 4. The van der Waals surface area contributed by atoms with Crippen LogP contribution in [-0.4, -0.2) is 312 Å². The Bertz CT molecular complexity index is 4310. The molecule has 2 aromatic rings. The van der Waals surface area contributed by atoms with E-state index in [0.717, 1.165) is 13.8 Å². The highest BCUT2D eigenvalue weighted by Gasteiger charge is 2.40. The Morgan fingerprint density at radius 1 is 0.429 bits per heavy atom. The summed E-state index contributed by atoms with van der Waals surface area (Å²) in [5.41, 5.74) is 39.7. The zero-order chi connectivity index (χ0) is 100. The molecule has 740 valence electrons. The van der Waals surface area contributed by atoms with Crippen molar-refractivity contribution in [1.82, 2.24) is 95.0 Å². The molecule has 53 nitrogen and oxygen atoms in total. The maximum atomic E-state index is 14.5. The van der Waals surface area contributed by atoms with Crippen molar-refractivity contribution in [2.45, 2.75) is 245 Å². The molecule has 37 N–H and O–H groups in total. The molecule has 1 aromatic heterocycles. The number of imidazole rings is 1. The van der Waals surface area contributed by atoms with Crippen LogP contribution in [0.15, 0.2) is 42.9 Å². The van der Waals surface area contributed by atoms with Crippen molar-refractivity contribution in [3.05, 3.63) is 54.1 Å². The van der Waals surface area contributed by atoms with Crippen molar-refractivity contribution in [2.75, 3.05) is 43.9 Å². The minimum atomic E-state index is -2.15. The van der Waals surface area contributed by atoms with Crippen molar-refractivity contribution in [1.29, 1.82) is 5.41 Å². The van der Waals surface area contributed by atoms with Crippen LogP contribution in [0.4, 0.5) is 0 Å². The van der Waals surface area contributed by atoms with Gasteiger partial charge in [-0.15, -0.1) is 0 Å². The second-order valence-electron chi connectivity index (χ2n) is 30.5. The maximum Gasteiger partial charge on any atom is 0.326 e. The monoisotopic (exact) mass is 1920 g/mol. The van der Waals surface area contributed by atoms with Gasteiger partial charge in [-0.3, -0.25) is 106 Å². The van der Waals surface area contributed by atoms with E-state index in [1.54, 1.807) is 36.6 Å². The highest BCUT2D eigenvalue weighted by Crippen LogP contribution is 2.14. The Kier molecular flexibility index (Phi) is 53.9. The van der Waals surface area contributed by atoms with Crippen LogP contribution in [0.1, 0.15) is 147 Å². The molecule has 1 heterocycles. The van der Waals surface area contributed by atoms with Crippen LogP contribution in [0.2, 0.25) is 0 Å². The molecule has 0 radical (unpaired) electrons. The van der Waals surface area contributed by atoms with Crippen LogP contribution < -0.4 is 125 Å². The van der Waals surface area contributed by atoms with Gasteiger partial charge < -0.3 is 156 Å². The molecule has 0 aliphatic rings. The molecular formula is C78H124N26O27S2. The lowest BCUT2D eigenvalue weighted by molar-refractivity contribution is -0.142. The van der Waals surface area contributed by atoms with Crippen LogP contribution in [0.5, 0.6) is 0 Å². The lowest BCUT2D eigenvalue weighted by Crippen LogP contribution is -2.62. The quantitative estimate of drug-likeness (QED) is 0.0127. The molecule has 16 atom stereocenters. The van der Waals surface area contributed by atoms with Crippen molar-refractivity contribution >= 4 is 161 Å². The number of thiol groups is 1. The topological polar surface area (TPSA) is 904 Å². The number of benzene rings is 1. The number of carbonyl (C=O) groups excluding carboxylic acids is 18. The number of nitrogens with zero attached hydrogens (tertiary/aromatic N) is 1. The van der Waals surface area contributed by atoms with E-state index in [1.807, 2.05) is 0 Å². The van der Waals surface area contributed by atoms with E-state index in [2.05, 4.69) is 108 Å². The Balaban J connectivity index is 2.49. The summed E-state index contributed by atoms with van der Waals surface area (Å²) in [5, 5.41) is 94.7. The largest absolute Gasteiger partial charge is 0.481 e. The number of nitrogens with two attached hydrogens (primary N) is 7. The fourth-order valence-corrected chi connectivity index (χ4v) is 13.1. The number of thioether (sulfide) groups is 1. The average Bonchev–Trinajstić information content (AvgIpc) is 1.43. The predicted octanol–water partition coefficient (Wildman–Crippen LogP) is -11.3. The number of unbranched alkanes of at least 4 members (excludes halogenated alkanes) is 2. The van der Waals surface area contributed by atoms with Gasteiger partial charge in [0.15, 0.2) is 5.96 Å². The first-order chi connectivity index (χ1) is 62.7. The van der Waals surface area contributed by atoms with Gasteiger partial charge in [-0.1, -0.05) is 36.8 Å². The van der Waals surface area contributed by atoms with Gasteiger partial charge in [0, 0.05) is 62.7 Å². The molecule has 0 spiro atoms. The third kappa shape index (κ3) is 46.8. The lowest BCUT2D eigenvalue weighted by atomic mass is 10.0. The molecule has 0 fully saturated rings. The Labute approximate surface area is 772 Å². The van der Waals surface area contributed by atoms with Gasteiger partial charge in [0.1, 0.15) is 84.6 Å². The number of amides is 18. The third-order valence-corrected chi connectivity index (χ3v) is 20.6. The molecule has 0 saturated carbocycles. The third-order valence-electron chi connectivity index (χ3n) is 19.6. The molecule has 133 heavy (non-hydrogen) atoms. The maximum absolute atomic E-state index is 14.5. The number of aromatic nitrogens is 2. The number of H-pyrrole nitrogens is 1. The molecular weight excluding hydrogens is 1800 g/mol. The summed E-state index contributed by atoms with van der Waals surface area (Å²) < 4.78 is 0. The molecule has 0 aliphatic carbocycles. The molecule has 18 amide bonds. The van der Waals surface area contributed by atoms with Gasteiger partial charge in [0.25, 0.3) is 0 Å². The molecule has 0 unspecified atom stereocenters. The molecule has 0 saturated heterocycles. The van der Waals surface area contributed by atoms with Gasteiger partial charge >= 0.3 is 23.9 Å². The SMILES string of the molecule is CSCC[C@H](NC(=O)[C@H](CCC(N)=O)NC(=O)[C@H](Cc1cnc[nH]1)NC(=O)CNC(=O)[C@H](CCC(=O)O)NC(=O)[C@@H](N)CCCCN)C(=O)N[C@@H](CCCCN)C(=O)N[C@@H](CC(=O)O)C(=O)N[C@@H](CS)C(=O)N[C@H](C(=O)N[C@@H](CCC(=O)O)C(=O)N[C@@H](CCCNC(=N)N)C(=O)N[C@@H](CCC(N)=O)C(=O)N[C@@H](C)C(=O)N[C@@H](CC(N)=O)C(=O)N[C@@H](Cc1ccccc1)C(=O)O)[C@@H](C)O. The summed E-state index contributed by atoms with van der Waals surface area (Å²) in [6, 6.07) is -18.1. The van der Waals surface area contributed by atoms with E-state index in [0.29, 0.717) is 24.9 Å². The number of aliphatic carboxylic acids is 4. The number of guanidine groups is 1. The van der Waals surface area contributed by atoms with Crippen molar-refractivity contribution in [3.63, 3.8) is 0 Å². The van der Waals surface area contributed by atoms with E-state index >= 15 is 0 Å². The van der Waals surface area contributed by atoms with Crippen LogP contribution in [0, 0.1) is 5.41 Å². The Morgan fingerprint density at radius 3 is 1.29 bits per heavy atom. The highest BCUT2D eigenvalue weighted by molar-refractivity contribution is 7.98. The van der Waals surface area contributed by atoms with E-state index in [9.17, 15) is 131 Å². The van der Waals surface area contributed by atoms with Crippen LogP contribution >= 0.6 is 24.4 Å².